The third kappa shape index (κ3) is 6.24. The Hall–Kier alpha value is -3.82. The minimum absolute atomic E-state index is 0.0885. The van der Waals surface area contributed by atoms with Gasteiger partial charge in [0.2, 0.25) is 11.8 Å². The minimum atomic E-state index is -0.574. The van der Waals surface area contributed by atoms with Crippen LogP contribution in [0.4, 0.5) is 20.6 Å². The maximum Gasteiger partial charge on any atom is 0.414 e. The van der Waals surface area contributed by atoms with Crippen LogP contribution in [0.2, 0.25) is 0 Å². The Balaban J connectivity index is 1.26. The topological polar surface area (TPSA) is 102 Å². The van der Waals surface area contributed by atoms with Crippen LogP contribution in [-0.2, 0) is 20.7 Å². The first kappa shape index (κ1) is 25.3. The lowest BCUT2D eigenvalue weighted by Gasteiger charge is -2.36. The molecule has 2 aromatic carbocycles. The van der Waals surface area contributed by atoms with Gasteiger partial charge in [0.05, 0.1) is 24.5 Å². The van der Waals surface area contributed by atoms with Gasteiger partial charge in [-0.05, 0) is 48.7 Å². The minimum Gasteiger partial charge on any atom is -0.508 e. The number of hydrogen-bond donors (Lipinski definition) is 2. The Morgan fingerprint density at radius 2 is 1.83 bits per heavy atom. The molecule has 36 heavy (non-hydrogen) atoms. The third-order valence-electron chi connectivity index (χ3n) is 6.46. The van der Waals surface area contributed by atoms with Gasteiger partial charge in [0, 0.05) is 39.5 Å². The fourth-order valence-electron chi connectivity index (χ4n) is 4.48. The first-order chi connectivity index (χ1) is 17.3. The van der Waals surface area contributed by atoms with Crippen LogP contribution < -0.4 is 15.1 Å². The molecule has 2 aliphatic rings. The lowest BCUT2D eigenvalue weighted by molar-refractivity contribution is -0.131. The molecule has 2 saturated heterocycles. The average Bonchev–Trinajstić information content (AvgIpc) is 3.24. The van der Waals surface area contributed by atoms with E-state index >= 15 is 4.39 Å². The first-order valence-electron chi connectivity index (χ1n) is 12.1. The quantitative estimate of drug-likeness (QED) is 0.580. The molecule has 0 radical (unpaired) electrons. The molecule has 0 spiro atoms. The van der Waals surface area contributed by atoms with E-state index < -0.39 is 18.0 Å². The molecule has 2 aromatic rings. The van der Waals surface area contributed by atoms with Gasteiger partial charge in [0.15, 0.2) is 0 Å². The summed E-state index contributed by atoms with van der Waals surface area (Å²) in [6.07, 6.45) is 0.872. The number of nitrogens with one attached hydrogen (secondary N) is 1. The zero-order valence-electron chi connectivity index (χ0n) is 20.3. The van der Waals surface area contributed by atoms with Gasteiger partial charge in [-0.25, -0.2) is 9.18 Å². The van der Waals surface area contributed by atoms with Crippen LogP contribution in [0, 0.1) is 5.82 Å². The number of hydrogen-bond acceptors (Lipinski definition) is 6. The molecule has 3 amide bonds. The van der Waals surface area contributed by atoms with Crippen molar-refractivity contribution in [2.24, 2.45) is 0 Å². The highest BCUT2D eigenvalue weighted by Gasteiger charge is 2.33. The predicted octanol–water partition coefficient (Wildman–Crippen LogP) is 2.66. The van der Waals surface area contributed by atoms with E-state index in [1.165, 1.54) is 17.9 Å². The van der Waals surface area contributed by atoms with Gasteiger partial charge in [0.1, 0.15) is 17.7 Å². The van der Waals surface area contributed by atoms with E-state index in [1.807, 2.05) is 21.9 Å². The highest BCUT2D eigenvalue weighted by atomic mass is 19.1. The summed E-state index contributed by atoms with van der Waals surface area (Å²) in [7, 11) is 0. The number of cyclic esters (lactones) is 1. The van der Waals surface area contributed by atoms with Crippen LogP contribution >= 0.6 is 0 Å². The maximum absolute atomic E-state index is 15.0. The van der Waals surface area contributed by atoms with Crippen LogP contribution in [0.15, 0.2) is 42.5 Å². The van der Waals surface area contributed by atoms with E-state index in [1.54, 1.807) is 24.3 Å². The zero-order chi connectivity index (χ0) is 25.7. The number of phenolic OH excluding ortho intramolecular Hbond substituents is 1. The Morgan fingerprint density at radius 1 is 1.11 bits per heavy atom. The van der Waals surface area contributed by atoms with Crippen molar-refractivity contribution in [3.63, 3.8) is 0 Å². The molecule has 2 N–H and O–H groups in total. The number of nitrogens with zero attached hydrogens (tertiary/aromatic N) is 3. The number of aromatic hydroxyl groups is 1. The molecule has 0 aliphatic carbocycles. The monoisotopic (exact) mass is 498 g/mol. The summed E-state index contributed by atoms with van der Waals surface area (Å²) >= 11 is 0. The number of aryl methyl sites for hydroxylation is 1. The van der Waals surface area contributed by atoms with Crippen molar-refractivity contribution in [1.82, 2.24) is 10.2 Å². The molecule has 0 unspecified atom stereocenters. The number of carbonyl (C=O) groups is 3. The molecule has 2 heterocycles. The summed E-state index contributed by atoms with van der Waals surface area (Å²) in [4.78, 5) is 41.0. The average molecular weight is 499 g/mol. The molecule has 4 rings (SSSR count). The molecule has 0 bridgehead atoms. The molecule has 2 aliphatic heterocycles. The number of halogens is 1. The molecular weight excluding hydrogens is 467 g/mol. The lowest BCUT2D eigenvalue weighted by Crippen LogP contribution is -2.49. The molecule has 9 nitrogen and oxygen atoms in total. The van der Waals surface area contributed by atoms with Gasteiger partial charge in [-0.3, -0.25) is 14.5 Å². The normalized spacial score (nSPS) is 17.8. The van der Waals surface area contributed by atoms with Gasteiger partial charge in [-0.1, -0.05) is 12.1 Å². The third-order valence-corrected chi connectivity index (χ3v) is 6.46. The van der Waals surface area contributed by atoms with E-state index in [0.717, 1.165) is 18.4 Å². The van der Waals surface area contributed by atoms with Gasteiger partial charge in [-0.2, -0.15) is 0 Å². The number of ether oxygens (including phenoxy) is 1. The molecular formula is C26H31FN4O5. The van der Waals surface area contributed by atoms with Gasteiger partial charge < -0.3 is 25.0 Å². The maximum atomic E-state index is 15.0. The number of rotatable bonds is 8. The van der Waals surface area contributed by atoms with Crippen molar-refractivity contribution in [1.29, 1.82) is 0 Å². The number of carbonyl (C=O) groups excluding carboxylic acids is 3. The van der Waals surface area contributed by atoms with Crippen molar-refractivity contribution in [3.05, 3.63) is 53.8 Å². The standard InChI is InChI=1S/C26H31FN4O5/c1-18(32)28-16-22-17-31(26(35)36-22)20-7-10-24(23(27)15-20)29-11-13-30(14-12-29)25(34)4-2-3-19-5-8-21(33)9-6-19/h5-10,15,22,33H,2-4,11-14,16-17H2,1H3,(H,28,32)/t22-/m0/s1. The van der Waals surface area contributed by atoms with E-state index in [0.29, 0.717) is 44.0 Å². The second-order valence-corrected chi connectivity index (χ2v) is 9.08. The summed E-state index contributed by atoms with van der Waals surface area (Å²) in [5.41, 5.74) is 1.91. The Bertz CT molecular complexity index is 1100. The summed E-state index contributed by atoms with van der Waals surface area (Å²) in [5.74, 6) is -0.342. The van der Waals surface area contributed by atoms with Gasteiger partial charge in [0.25, 0.3) is 0 Å². The van der Waals surface area contributed by atoms with E-state index in [-0.39, 0.29) is 30.7 Å². The second-order valence-electron chi connectivity index (χ2n) is 9.08. The molecule has 192 valence electrons. The molecule has 0 aromatic heterocycles. The summed E-state index contributed by atoms with van der Waals surface area (Å²) in [5, 5.41) is 12.0. The highest BCUT2D eigenvalue weighted by molar-refractivity contribution is 5.90. The van der Waals surface area contributed by atoms with E-state index in [9.17, 15) is 19.5 Å². The molecule has 0 saturated carbocycles. The highest BCUT2D eigenvalue weighted by Crippen LogP contribution is 2.28. The lowest BCUT2D eigenvalue weighted by atomic mass is 10.1. The van der Waals surface area contributed by atoms with Crippen LogP contribution in [0.3, 0.4) is 0 Å². The zero-order valence-corrected chi connectivity index (χ0v) is 20.3. The predicted molar refractivity (Wildman–Crippen MR) is 133 cm³/mol. The SMILES string of the molecule is CC(=O)NC[C@H]1CN(c2ccc(N3CCN(C(=O)CCCc4ccc(O)cc4)CC3)c(F)c2)C(=O)O1. The second kappa shape index (κ2) is 11.3. The first-order valence-corrected chi connectivity index (χ1v) is 12.1. The Morgan fingerprint density at radius 3 is 2.50 bits per heavy atom. The van der Waals surface area contributed by atoms with Crippen LogP contribution in [0.5, 0.6) is 5.75 Å². The van der Waals surface area contributed by atoms with Crippen LogP contribution in [0.25, 0.3) is 0 Å². The summed E-state index contributed by atoms with van der Waals surface area (Å²) in [6.45, 7) is 3.89. The fourth-order valence-corrected chi connectivity index (χ4v) is 4.48. The van der Waals surface area contributed by atoms with Crippen molar-refractivity contribution in [2.75, 3.05) is 49.1 Å². The van der Waals surface area contributed by atoms with Gasteiger partial charge >= 0.3 is 6.09 Å². The van der Waals surface area contributed by atoms with Crippen LogP contribution in [0.1, 0.15) is 25.3 Å². The summed E-state index contributed by atoms with van der Waals surface area (Å²) in [6, 6.07) is 11.6. The fraction of sp³-hybridized carbons (Fsp3) is 0.423. The smallest absolute Gasteiger partial charge is 0.414 e. The number of benzene rings is 2. The number of amides is 3. The molecule has 2 fully saturated rings. The molecule has 1 atom stereocenters. The number of piperazine rings is 1. The van der Waals surface area contributed by atoms with Gasteiger partial charge in [-0.15, -0.1) is 0 Å². The number of phenols is 1. The van der Waals surface area contributed by atoms with E-state index in [4.69, 9.17) is 4.74 Å². The molecule has 10 heteroatoms. The Kier molecular flexibility index (Phi) is 7.92. The number of anilines is 2. The van der Waals surface area contributed by atoms with Crippen molar-refractivity contribution < 1.29 is 28.6 Å². The van der Waals surface area contributed by atoms with Crippen molar-refractivity contribution in [2.45, 2.75) is 32.3 Å². The van der Waals surface area contributed by atoms with E-state index in [2.05, 4.69) is 5.32 Å². The van der Waals surface area contributed by atoms with Crippen molar-refractivity contribution >= 4 is 29.3 Å². The van der Waals surface area contributed by atoms with Crippen molar-refractivity contribution in [3.8, 4) is 5.75 Å². The largest absolute Gasteiger partial charge is 0.508 e. The van der Waals surface area contributed by atoms with Crippen LogP contribution in [-0.4, -0.2) is 73.3 Å². The summed E-state index contributed by atoms with van der Waals surface area (Å²) < 4.78 is 20.3. The Labute approximate surface area is 209 Å².